The van der Waals surface area contributed by atoms with Crippen molar-refractivity contribution in [2.75, 3.05) is 19.6 Å². The highest BCUT2D eigenvalue weighted by atomic mass is 19.3. The van der Waals surface area contributed by atoms with Gasteiger partial charge in [-0.15, -0.1) is 0 Å². The predicted molar refractivity (Wildman–Crippen MR) is 197 cm³/mol. The van der Waals surface area contributed by atoms with Crippen LogP contribution >= 0.6 is 0 Å². The number of rotatable bonds is 12. The Kier molecular flexibility index (Phi) is 10.3. The van der Waals surface area contributed by atoms with E-state index in [0.29, 0.717) is 47.1 Å². The number of fused-ring (bicyclic) bond motifs is 2. The number of carbonyl (C=O) groups is 1. The molecule has 8 rings (SSSR count). The highest BCUT2D eigenvalue weighted by Gasteiger charge is 2.34. The molecule has 16 heteroatoms. The highest BCUT2D eigenvalue weighted by Crippen LogP contribution is 2.40. The number of aliphatic carboxylic acids is 1. The molecular formula is C41H36F6N4O6. The molecule has 0 saturated carbocycles. The number of carboxylic acid groups (broad SMARTS) is 1. The van der Waals surface area contributed by atoms with Gasteiger partial charge in [0.15, 0.2) is 11.2 Å². The molecule has 0 radical (unpaired) electrons. The zero-order valence-corrected chi connectivity index (χ0v) is 30.7. The minimum Gasteiger partial charge on any atom is -0.480 e. The van der Waals surface area contributed by atoms with Gasteiger partial charge in [0.05, 0.1) is 0 Å². The minimum atomic E-state index is -3.14. The van der Waals surface area contributed by atoms with Crippen LogP contribution in [0.3, 0.4) is 0 Å². The summed E-state index contributed by atoms with van der Waals surface area (Å²) >= 11 is 0. The summed E-state index contributed by atoms with van der Waals surface area (Å²) in [5, 5.41) is 9.65. The van der Waals surface area contributed by atoms with Crippen LogP contribution in [0.2, 0.25) is 0 Å². The Balaban J connectivity index is 1.12. The first-order valence-electron chi connectivity index (χ1n) is 18.3. The van der Waals surface area contributed by atoms with E-state index in [-0.39, 0.29) is 66.2 Å². The summed E-state index contributed by atoms with van der Waals surface area (Å²) in [6, 6.07) is 16.2. The van der Waals surface area contributed by atoms with E-state index < -0.39 is 37.6 Å². The van der Waals surface area contributed by atoms with Crippen LogP contribution < -0.4 is 9.47 Å². The molecule has 4 heterocycles. The molecule has 2 aromatic heterocycles. The number of aromatic nitrogens is 2. The van der Waals surface area contributed by atoms with E-state index in [2.05, 4.69) is 4.98 Å². The van der Waals surface area contributed by atoms with Gasteiger partial charge in [0.2, 0.25) is 11.8 Å². The van der Waals surface area contributed by atoms with E-state index in [1.807, 2.05) is 50.2 Å². The SMILES string of the molecule is Cc1c(-c2nc3cc(CN4C[C@@H](F)[C@H](F)C4)c(OC(F)F)cc3o2)cccc1-c1cccc(-c2nc3cc(CN4CCC[C@H]4C(=O)O)c(OC(F)F)cc3o2)c1C. The van der Waals surface area contributed by atoms with Crippen molar-refractivity contribution in [1.29, 1.82) is 0 Å². The summed E-state index contributed by atoms with van der Waals surface area (Å²) < 4.78 is 103. The van der Waals surface area contributed by atoms with Crippen molar-refractivity contribution in [2.45, 2.75) is 71.4 Å². The molecule has 6 aromatic rings. The molecule has 2 saturated heterocycles. The largest absolute Gasteiger partial charge is 0.480 e. The molecule has 0 amide bonds. The Morgan fingerprint density at radius 2 is 1.25 bits per heavy atom. The number of benzene rings is 4. The van der Waals surface area contributed by atoms with Crippen molar-refractivity contribution < 1.29 is 54.6 Å². The lowest BCUT2D eigenvalue weighted by atomic mass is 9.91. The van der Waals surface area contributed by atoms with Gasteiger partial charge >= 0.3 is 19.2 Å². The van der Waals surface area contributed by atoms with Crippen molar-refractivity contribution in [3.05, 3.63) is 82.9 Å². The van der Waals surface area contributed by atoms with E-state index in [1.165, 1.54) is 23.1 Å². The molecule has 0 unspecified atom stereocenters. The highest BCUT2D eigenvalue weighted by molar-refractivity contribution is 5.85. The second-order valence-electron chi connectivity index (χ2n) is 14.3. The fourth-order valence-electron chi connectivity index (χ4n) is 7.88. The van der Waals surface area contributed by atoms with Gasteiger partial charge in [0, 0.05) is 60.6 Å². The molecule has 3 atom stereocenters. The number of ether oxygens (including phenoxy) is 2. The molecule has 2 fully saturated rings. The fourth-order valence-corrected chi connectivity index (χ4v) is 7.88. The lowest BCUT2D eigenvalue weighted by Crippen LogP contribution is -2.35. The Morgan fingerprint density at radius 3 is 1.72 bits per heavy atom. The van der Waals surface area contributed by atoms with E-state index >= 15 is 0 Å². The smallest absolute Gasteiger partial charge is 0.387 e. The van der Waals surface area contributed by atoms with E-state index in [4.69, 9.17) is 23.3 Å². The number of likely N-dealkylation sites (tertiary alicyclic amines) is 2. The van der Waals surface area contributed by atoms with Crippen molar-refractivity contribution in [3.63, 3.8) is 0 Å². The molecule has 2 aliphatic rings. The zero-order valence-electron chi connectivity index (χ0n) is 30.7. The van der Waals surface area contributed by atoms with Gasteiger partial charge < -0.3 is 23.4 Å². The van der Waals surface area contributed by atoms with Crippen LogP contribution in [0.15, 0.2) is 69.5 Å². The Bertz CT molecular complexity index is 2460. The minimum absolute atomic E-state index is 0.0249. The third kappa shape index (κ3) is 7.63. The maximum Gasteiger partial charge on any atom is 0.387 e. The monoisotopic (exact) mass is 794 g/mol. The van der Waals surface area contributed by atoms with Gasteiger partial charge in [-0.3, -0.25) is 14.6 Å². The number of halogens is 6. The molecule has 57 heavy (non-hydrogen) atoms. The lowest BCUT2D eigenvalue weighted by molar-refractivity contribution is -0.142. The number of oxazole rings is 2. The maximum absolute atomic E-state index is 13.9. The van der Waals surface area contributed by atoms with Crippen molar-refractivity contribution >= 4 is 28.2 Å². The average Bonchev–Trinajstić information content (AvgIpc) is 3.95. The van der Waals surface area contributed by atoms with Gasteiger partial charge in [0.1, 0.15) is 40.9 Å². The zero-order chi connectivity index (χ0) is 40.1. The van der Waals surface area contributed by atoms with E-state index in [9.17, 15) is 36.2 Å². The number of nitrogens with zero attached hydrogens (tertiary/aromatic N) is 4. The first-order chi connectivity index (χ1) is 27.3. The summed E-state index contributed by atoms with van der Waals surface area (Å²) in [6.45, 7) is -2.28. The Morgan fingerprint density at radius 1 is 0.772 bits per heavy atom. The van der Waals surface area contributed by atoms with E-state index in [1.54, 1.807) is 11.0 Å². The molecule has 1 N–H and O–H groups in total. The molecule has 298 valence electrons. The van der Waals surface area contributed by atoms with Crippen molar-refractivity contribution in [2.24, 2.45) is 0 Å². The summed E-state index contributed by atoms with van der Waals surface area (Å²) in [4.78, 5) is 24.4. The number of hydrogen-bond acceptors (Lipinski definition) is 9. The van der Waals surface area contributed by atoms with Crippen LogP contribution in [0, 0.1) is 13.8 Å². The van der Waals surface area contributed by atoms with Crippen molar-refractivity contribution in [3.8, 4) is 45.5 Å². The normalized spacial score (nSPS) is 19.2. The van der Waals surface area contributed by atoms with Gasteiger partial charge in [-0.2, -0.15) is 17.6 Å². The molecule has 0 spiro atoms. The second-order valence-corrected chi connectivity index (χ2v) is 14.3. The topological polar surface area (TPSA) is 114 Å². The summed E-state index contributed by atoms with van der Waals surface area (Å²) in [5.41, 5.74) is 6.24. The van der Waals surface area contributed by atoms with Crippen LogP contribution in [0.25, 0.3) is 56.2 Å². The Labute approximate surface area is 321 Å². The Hall–Kier alpha value is -5.61. The molecule has 0 bridgehead atoms. The summed E-state index contributed by atoms with van der Waals surface area (Å²) in [6.07, 6.45) is -2.21. The number of alkyl halides is 6. The van der Waals surface area contributed by atoms with Gasteiger partial charge in [-0.1, -0.05) is 24.3 Å². The third-order valence-electron chi connectivity index (χ3n) is 10.7. The molecule has 10 nitrogen and oxygen atoms in total. The van der Waals surface area contributed by atoms with Crippen LogP contribution in [-0.2, 0) is 17.9 Å². The first kappa shape index (κ1) is 38.3. The molecule has 0 aliphatic carbocycles. The second kappa shape index (κ2) is 15.4. The van der Waals surface area contributed by atoms with Crippen molar-refractivity contribution in [1.82, 2.24) is 19.8 Å². The van der Waals surface area contributed by atoms with Crippen LogP contribution in [0.5, 0.6) is 11.5 Å². The number of hydrogen-bond donors (Lipinski definition) is 1. The standard InChI is InChI=1S/C41H36F6N4O6/c1-20-24(6-3-8-26(20)37-48-30-12-22(16-50-18-28(42)29(43)19-50)33(56-40(44)45)14-35(30)54-37)25-7-4-9-27(21(25)2)38-49-31-13-23(17-51-11-5-10-32(51)39(52)53)34(57-41(46)47)15-36(31)55-38/h3-4,6-9,12-15,28-29,32,40-41H,5,10-11,16-19H2,1-2H3,(H,52,53)/t28-,29-,32+/m1/s1. The first-order valence-corrected chi connectivity index (χ1v) is 18.3. The van der Waals surface area contributed by atoms with Gasteiger partial charge in [0.25, 0.3) is 0 Å². The summed E-state index contributed by atoms with van der Waals surface area (Å²) in [5.74, 6) is -0.832. The third-order valence-corrected chi connectivity index (χ3v) is 10.7. The average molecular weight is 795 g/mol. The van der Waals surface area contributed by atoms with E-state index in [0.717, 1.165) is 22.3 Å². The molecular weight excluding hydrogens is 758 g/mol. The van der Waals surface area contributed by atoms with Gasteiger partial charge in [-0.05, 0) is 79.8 Å². The number of carboxylic acids is 1. The lowest BCUT2D eigenvalue weighted by Gasteiger charge is -2.22. The fraction of sp³-hybridized carbons (Fsp3) is 0.341. The maximum atomic E-state index is 13.9. The predicted octanol–water partition coefficient (Wildman–Crippen LogP) is 9.33. The van der Waals surface area contributed by atoms with Gasteiger partial charge in [-0.25, -0.2) is 18.7 Å². The van der Waals surface area contributed by atoms with Crippen LogP contribution in [-0.4, -0.2) is 82.1 Å². The molecule has 2 aliphatic heterocycles. The van der Waals surface area contributed by atoms with Crippen LogP contribution in [0.1, 0.15) is 35.1 Å². The summed E-state index contributed by atoms with van der Waals surface area (Å²) in [7, 11) is 0. The molecule has 4 aromatic carbocycles. The quantitative estimate of drug-likeness (QED) is 0.120. The van der Waals surface area contributed by atoms with Crippen LogP contribution in [0.4, 0.5) is 26.3 Å².